The first kappa shape index (κ1) is 59.6. The van der Waals surface area contributed by atoms with E-state index >= 15 is 4.79 Å². The molecule has 10 unspecified atom stereocenters. The summed E-state index contributed by atoms with van der Waals surface area (Å²) < 4.78 is 58.1. The van der Waals surface area contributed by atoms with Crippen molar-refractivity contribution in [2.45, 2.75) is 186 Å². The number of aliphatic hydroxyl groups excluding tert-OH is 2. The number of cyclic esters (lactones) is 1. The molecular formula is C53H82N6O16. The molecule has 420 valence electrons. The van der Waals surface area contributed by atoms with Crippen molar-refractivity contribution < 1.29 is 76.9 Å². The lowest BCUT2D eigenvalue weighted by atomic mass is 9.67. The lowest BCUT2D eigenvalue weighted by molar-refractivity contribution is -0.319. The maximum atomic E-state index is 15.2. The van der Waals surface area contributed by atoms with E-state index in [1.54, 1.807) is 85.5 Å². The van der Waals surface area contributed by atoms with Crippen LogP contribution in [0.4, 0.5) is 0 Å². The molecule has 4 N–H and O–H groups in total. The molecule has 0 aliphatic carbocycles. The van der Waals surface area contributed by atoms with Gasteiger partial charge < -0.3 is 68.3 Å². The summed E-state index contributed by atoms with van der Waals surface area (Å²) in [4.78, 5) is 64.8. The number of methoxy groups -OCH3 is 3. The smallest absolute Gasteiger partial charge is 0.335 e. The van der Waals surface area contributed by atoms with Crippen LogP contribution in [0.5, 0.6) is 5.75 Å². The van der Waals surface area contributed by atoms with Crippen LogP contribution in [0.3, 0.4) is 0 Å². The predicted molar refractivity (Wildman–Crippen MR) is 270 cm³/mol. The number of rotatable bonds is 15. The van der Waals surface area contributed by atoms with Crippen molar-refractivity contribution >= 4 is 29.5 Å². The molecule has 0 radical (unpaired) electrons. The zero-order chi connectivity index (χ0) is 55.5. The molecule has 0 spiro atoms. The van der Waals surface area contributed by atoms with Gasteiger partial charge in [0.25, 0.3) is 0 Å². The van der Waals surface area contributed by atoms with E-state index in [9.17, 15) is 24.6 Å². The molecule has 0 saturated carbocycles. The Morgan fingerprint density at radius 2 is 1.59 bits per heavy atom. The molecule has 22 heteroatoms. The predicted octanol–water partition coefficient (Wildman–Crippen LogP) is 3.91. The minimum atomic E-state index is -1.67. The molecular weight excluding hydrogens is 977 g/mol. The maximum absolute atomic E-state index is 15.2. The van der Waals surface area contributed by atoms with Crippen molar-refractivity contribution in [3.05, 3.63) is 36.2 Å². The fraction of sp³-hybridized carbons (Fsp3) is 0.755. The number of aryl methyl sites for hydroxylation is 1. The Hall–Kier alpha value is -4.65. The Labute approximate surface area is 440 Å². The highest BCUT2D eigenvalue weighted by Crippen LogP contribution is 2.49. The summed E-state index contributed by atoms with van der Waals surface area (Å²) >= 11 is 0. The fourth-order valence-corrected chi connectivity index (χ4v) is 11.8. The van der Waals surface area contributed by atoms with E-state index in [0.717, 1.165) is 5.69 Å². The summed E-state index contributed by atoms with van der Waals surface area (Å²) in [5.41, 5.74) is 3.70. The third kappa shape index (κ3) is 12.7. The molecule has 1 aromatic heterocycles. The van der Waals surface area contributed by atoms with Crippen LogP contribution in [0.15, 0.2) is 35.6 Å². The quantitative estimate of drug-likeness (QED) is 0.0750. The van der Waals surface area contributed by atoms with E-state index in [1.165, 1.54) is 14.2 Å². The molecule has 6 rings (SSSR count). The summed E-state index contributed by atoms with van der Waals surface area (Å²) in [5.74, 6) is -8.67. The van der Waals surface area contributed by atoms with Crippen LogP contribution < -0.4 is 10.5 Å². The van der Waals surface area contributed by atoms with Gasteiger partial charge in [-0.3, -0.25) is 14.4 Å². The SMILES string of the molecule is CC[C@H]1OC(=O)[C@H](C)[C@@H](OC2CC(C)(OC)C(O)C(C)O2)[C@H](C)[C@@H](OC2OC(C)CC(N(C)C)C2O)[C@@](C)(OC)C[C@@H](C)C(=O)[C@H](C)C2C(/C(N)=N\OC(=O)CCc3cn(-c4ccc(OC)cc4)nn3)C(=O)O[C@@]21C. The Bertz CT molecular complexity index is 2320. The number of nitrogens with two attached hydrogens (primary N) is 1. The number of Topliss-reactive ketones (excluding diaryl/α,β-unsaturated/α-hetero) is 1. The van der Waals surface area contributed by atoms with Crippen LogP contribution in [0, 0.1) is 35.5 Å². The standard InChI is InChI=1S/C53H82N6O16/c1-16-37-53(10)41(40(49(65)74-53)47(54)56-75-38(60)22-17-33-26-59(57-55-33)34-18-20-35(66-13)21-19-34)29(4)42(61)27(2)24-52(9,68-15)46(73-50-43(62)36(58(11)12)23-28(3)69-50)30(5)44(31(6)48(64)71-37)72-39-25-51(8,67-14)45(63)32(7)70-39/h18-21,26-32,36-37,39-41,43-46,50,62-63H,16-17,22-25H2,1-15H3,(H2,54,56)/t27-,28?,29-,30+,31-,32?,36?,37-,39?,40?,41?,43?,44+,45?,46-,50?,51?,52+,53-/m1/s1. The van der Waals surface area contributed by atoms with Gasteiger partial charge in [-0.1, -0.05) is 38.1 Å². The highest BCUT2D eigenvalue weighted by molar-refractivity contribution is 6.03. The average Bonchev–Trinajstić information content (AvgIpc) is 3.97. The number of hydrogen-bond acceptors (Lipinski definition) is 20. The lowest BCUT2D eigenvalue weighted by Gasteiger charge is -2.50. The number of ether oxygens (including phenoxy) is 9. The van der Waals surface area contributed by atoms with E-state index in [4.69, 9.17) is 53.2 Å². The number of benzene rings is 1. The van der Waals surface area contributed by atoms with Gasteiger partial charge in [0.1, 0.15) is 35.8 Å². The second-order valence-corrected chi connectivity index (χ2v) is 21.9. The van der Waals surface area contributed by atoms with Gasteiger partial charge in [-0.25, -0.2) is 9.48 Å². The number of oxime groups is 1. The second-order valence-electron chi connectivity index (χ2n) is 21.9. The van der Waals surface area contributed by atoms with Gasteiger partial charge in [0.2, 0.25) is 0 Å². The molecule has 19 atom stereocenters. The highest BCUT2D eigenvalue weighted by Gasteiger charge is 2.63. The number of amidine groups is 1. The number of hydrogen-bond donors (Lipinski definition) is 3. The van der Waals surface area contributed by atoms with E-state index in [2.05, 4.69) is 15.5 Å². The number of aromatic nitrogens is 3. The molecule has 0 amide bonds. The summed E-state index contributed by atoms with van der Waals surface area (Å²) in [5, 5.41) is 35.2. The van der Waals surface area contributed by atoms with Gasteiger partial charge in [0, 0.05) is 56.8 Å². The molecule has 22 nitrogen and oxygen atoms in total. The molecule has 2 aromatic rings. The molecule has 1 aromatic carbocycles. The topological polar surface area (TPSA) is 273 Å². The summed E-state index contributed by atoms with van der Waals surface area (Å²) in [6.07, 6.45) is -6.29. The van der Waals surface area contributed by atoms with Crippen LogP contribution in [0.2, 0.25) is 0 Å². The highest BCUT2D eigenvalue weighted by atomic mass is 16.7. The third-order valence-electron chi connectivity index (χ3n) is 16.4. The second kappa shape index (κ2) is 24.3. The zero-order valence-corrected chi connectivity index (χ0v) is 46.3. The Morgan fingerprint density at radius 3 is 2.20 bits per heavy atom. The third-order valence-corrected chi connectivity index (χ3v) is 16.4. The number of carbonyl (C=O) groups excluding carboxylic acids is 4. The van der Waals surface area contributed by atoms with Gasteiger partial charge in [-0.15, -0.1) is 5.10 Å². The van der Waals surface area contributed by atoms with Crippen LogP contribution >= 0.6 is 0 Å². The number of nitrogens with zero attached hydrogens (tertiary/aromatic N) is 5. The normalized spacial score (nSPS) is 39.3. The number of carbonyl (C=O) groups is 4. The van der Waals surface area contributed by atoms with Gasteiger partial charge in [0.15, 0.2) is 24.0 Å². The van der Waals surface area contributed by atoms with Gasteiger partial charge >= 0.3 is 17.9 Å². The van der Waals surface area contributed by atoms with Gasteiger partial charge in [-0.2, -0.15) is 0 Å². The maximum Gasteiger partial charge on any atom is 0.335 e. The van der Waals surface area contributed by atoms with Crippen molar-refractivity contribution in [3.8, 4) is 11.4 Å². The first-order chi connectivity index (χ1) is 35.3. The van der Waals surface area contributed by atoms with E-state index in [-0.39, 0.29) is 50.0 Å². The van der Waals surface area contributed by atoms with Crippen molar-refractivity contribution in [1.82, 2.24) is 19.9 Å². The van der Waals surface area contributed by atoms with Crippen LogP contribution in [-0.2, 0) is 68.3 Å². The summed E-state index contributed by atoms with van der Waals surface area (Å²) in [6.45, 7) is 17.4. The van der Waals surface area contributed by atoms with Gasteiger partial charge in [-0.05, 0) is 99.2 Å². The van der Waals surface area contributed by atoms with Gasteiger partial charge in [0.05, 0.1) is 72.6 Å². The van der Waals surface area contributed by atoms with Crippen LogP contribution in [-0.4, -0.2) is 173 Å². The largest absolute Gasteiger partial charge is 0.497 e. The van der Waals surface area contributed by atoms with Crippen LogP contribution in [0.25, 0.3) is 5.69 Å². The van der Waals surface area contributed by atoms with E-state index in [1.807, 2.05) is 45.0 Å². The molecule has 4 aliphatic rings. The van der Waals surface area contributed by atoms with E-state index < -0.39 is 125 Å². The minimum Gasteiger partial charge on any atom is -0.497 e. The number of ketones is 1. The van der Waals surface area contributed by atoms with Crippen molar-refractivity contribution in [2.75, 3.05) is 35.4 Å². The monoisotopic (exact) mass is 1060 g/mol. The lowest BCUT2D eigenvalue weighted by Crippen LogP contribution is -2.61. The molecule has 4 saturated heterocycles. The molecule has 75 heavy (non-hydrogen) atoms. The Kier molecular flexibility index (Phi) is 19.3. The molecule has 0 bridgehead atoms. The van der Waals surface area contributed by atoms with Crippen LogP contribution in [0.1, 0.15) is 107 Å². The first-order valence-corrected chi connectivity index (χ1v) is 26.1. The Balaban J connectivity index is 1.35. The number of fused-ring (bicyclic) bond motifs is 1. The average molecular weight is 1060 g/mol. The minimum absolute atomic E-state index is 0.0305. The fourth-order valence-electron chi connectivity index (χ4n) is 11.8. The van der Waals surface area contributed by atoms with Crippen molar-refractivity contribution in [3.63, 3.8) is 0 Å². The molecule has 4 aliphatic heterocycles. The number of likely N-dealkylation sites (N-methyl/N-ethyl adjacent to an activating group) is 1. The molecule has 5 heterocycles. The zero-order valence-electron chi connectivity index (χ0n) is 46.3. The van der Waals surface area contributed by atoms with Crippen molar-refractivity contribution in [2.24, 2.45) is 46.4 Å². The number of esters is 2. The van der Waals surface area contributed by atoms with Crippen molar-refractivity contribution in [1.29, 1.82) is 0 Å². The Morgan fingerprint density at radius 1 is 0.920 bits per heavy atom. The van der Waals surface area contributed by atoms with E-state index in [0.29, 0.717) is 17.9 Å². The summed E-state index contributed by atoms with van der Waals surface area (Å²) in [7, 11) is 8.29. The summed E-state index contributed by atoms with van der Waals surface area (Å²) in [6, 6.07) is 6.84. The number of aliphatic hydroxyl groups is 2. The molecule has 4 fully saturated rings. The first-order valence-electron chi connectivity index (χ1n) is 26.1.